The standard InChI is InChI=1S/C28H32N2O4/c1-32-25-12-8-7-11-22(25)20-29-17-15-23(16-18-29)30(28(31)21-9-5-4-6-10-21)24-13-14-26(33-2)27(19-24)34-3/h4-14,19,23H,15-18,20H2,1-3H3. The molecule has 0 unspecified atom stereocenters. The predicted octanol–water partition coefficient (Wildman–Crippen LogP) is 5.02. The first-order chi connectivity index (χ1) is 16.6. The van der Waals surface area contributed by atoms with Crippen LogP contribution in [0.25, 0.3) is 0 Å². The lowest BCUT2D eigenvalue weighted by Gasteiger charge is -2.39. The first-order valence-corrected chi connectivity index (χ1v) is 11.6. The second-order valence-corrected chi connectivity index (χ2v) is 8.40. The third-order valence-corrected chi connectivity index (χ3v) is 6.39. The van der Waals surface area contributed by atoms with Crippen LogP contribution < -0.4 is 19.1 Å². The van der Waals surface area contributed by atoms with Gasteiger partial charge in [0.25, 0.3) is 5.91 Å². The lowest BCUT2D eigenvalue weighted by molar-refractivity contribution is 0.0958. The van der Waals surface area contributed by atoms with Crippen LogP contribution in [0.3, 0.4) is 0 Å². The highest BCUT2D eigenvalue weighted by Crippen LogP contribution is 2.35. The third-order valence-electron chi connectivity index (χ3n) is 6.39. The van der Waals surface area contributed by atoms with Gasteiger partial charge in [-0.2, -0.15) is 0 Å². The Hall–Kier alpha value is -3.51. The number of amides is 1. The molecule has 3 aromatic rings. The van der Waals surface area contributed by atoms with Gasteiger partial charge >= 0.3 is 0 Å². The molecule has 6 nitrogen and oxygen atoms in total. The van der Waals surface area contributed by atoms with E-state index in [0.29, 0.717) is 17.1 Å². The van der Waals surface area contributed by atoms with Gasteiger partial charge < -0.3 is 19.1 Å². The van der Waals surface area contributed by atoms with Crippen LogP contribution in [0.5, 0.6) is 17.2 Å². The van der Waals surface area contributed by atoms with Crippen LogP contribution in [0, 0.1) is 0 Å². The summed E-state index contributed by atoms with van der Waals surface area (Å²) in [6, 6.07) is 23.4. The number of methoxy groups -OCH3 is 3. The maximum absolute atomic E-state index is 13.7. The summed E-state index contributed by atoms with van der Waals surface area (Å²) in [6.07, 6.45) is 1.75. The lowest BCUT2D eigenvalue weighted by atomic mass is 10.00. The molecule has 0 N–H and O–H groups in total. The molecule has 1 aliphatic heterocycles. The van der Waals surface area contributed by atoms with E-state index in [4.69, 9.17) is 14.2 Å². The third kappa shape index (κ3) is 5.18. The van der Waals surface area contributed by atoms with Gasteiger partial charge in [0.1, 0.15) is 5.75 Å². The van der Waals surface area contributed by atoms with E-state index in [-0.39, 0.29) is 11.9 Å². The normalized spacial score (nSPS) is 14.4. The minimum absolute atomic E-state index is 0.00371. The molecule has 1 fully saturated rings. The largest absolute Gasteiger partial charge is 0.496 e. The van der Waals surface area contributed by atoms with E-state index in [1.807, 2.05) is 71.6 Å². The van der Waals surface area contributed by atoms with Crippen LogP contribution in [-0.4, -0.2) is 51.3 Å². The number of ether oxygens (including phenoxy) is 3. The molecule has 1 aliphatic rings. The minimum Gasteiger partial charge on any atom is -0.496 e. The number of hydrogen-bond donors (Lipinski definition) is 0. The average Bonchev–Trinajstić information content (AvgIpc) is 2.90. The number of carbonyl (C=O) groups excluding carboxylic acids is 1. The highest BCUT2D eigenvalue weighted by molar-refractivity contribution is 6.06. The molecule has 0 atom stereocenters. The second kappa shape index (κ2) is 11.1. The molecule has 178 valence electrons. The van der Waals surface area contributed by atoms with Gasteiger partial charge in [0.2, 0.25) is 0 Å². The monoisotopic (exact) mass is 460 g/mol. The van der Waals surface area contributed by atoms with Crippen molar-refractivity contribution in [1.82, 2.24) is 4.90 Å². The smallest absolute Gasteiger partial charge is 0.258 e. The number of anilines is 1. The Balaban J connectivity index is 1.56. The lowest BCUT2D eigenvalue weighted by Crippen LogP contribution is -2.47. The summed E-state index contributed by atoms with van der Waals surface area (Å²) < 4.78 is 16.5. The van der Waals surface area contributed by atoms with Crippen molar-refractivity contribution in [3.05, 3.63) is 83.9 Å². The second-order valence-electron chi connectivity index (χ2n) is 8.40. The predicted molar refractivity (Wildman–Crippen MR) is 134 cm³/mol. The molecule has 1 saturated heterocycles. The van der Waals surface area contributed by atoms with Crippen molar-refractivity contribution in [1.29, 1.82) is 0 Å². The molecular weight excluding hydrogens is 428 g/mol. The first-order valence-electron chi connectivity index (χ1n) is 11.6. The average molecular weight is 461 g/mol. The van der Waals surface area contributed by atoms with E-state index >= 15 is 0 Å². The zero-order valence-electron chi connectivity index (χ0n) is 20.1. The van der Waals surface area contributed by atoms with Crippen LogP contribution in [0.1, 0.15) is 28.8 Å². The van der Waals surface area contributed by atoms with Crippen molar-refractivity contribution in [2.24, 2.45) is 0 Å². The molecule has 1 amide bonds. The van der Waals surface area contributed by atoms with E-state index in [1.54, 1.807) is 21.3 Å². The molecule has 0 aliphatic carbocycles. The van der Waals surface area contributed by atoms with Gasteiger partial charge in [-0.05, 0) is 43.2 Å². The van der Waals surface area contributed by atoms with Crippen LogP contribution in [0.4, 0.5) is 5.69 Å². The summed E-state index contributed by atoms with van der Waals surface area (Å²) in [7, 11) is 4.93. The maximum Gasteiger partial charge on any atom is 0.258 e. The molecule has 0 aromatic heterocycles. The fourth-order valence-electron chi connectivity index (χ4n) is 4.60. The van der Waals surface area contributed by atoms with Crippen LogP contribution in [0.15, 0.2) is 72.8 Å². The summed E-state index contributed by atoms with van der Waals surface area (Å²) in [4.78, 5) is 18.0. The fraction of sp³-hybridized carbons (Fsp3) is 0.321. The Morgan fingerprint density at radius 2 is 1.47 bits per heavy atom. The number of para-hydroxylation sites is 1. The molecule has 3 aromatic carbocycles. The van der Waals surface area contributed by atoms with Crippen LogP contribution in [-0.2, 0) is 6.54 Å². The van der Waals surface area contributed by atoms with Gasteiger partial charge in [-0.25, -0.2) is 0 Å². The number of nitrogens with zero attached hydrogens (tertiary/aromatic N) is 2. The van der Waals surface area contributed by atoms with Crippen molar-refractivity contribution < 1.29 is 19.0 Å². The van der Waals surface area contributed by atoms with E-state index in [1.165, 1.54) is 5.56 Å². The van der Waals surface area contributed by atoms with Crippen molar-refractivity contribution >= 4 is 11.6 Å². The highest BCUT2D eigenvalue weighted by Gasteiger charge is 2.30. The number of benzene rings is 3. The zero-order valence-corrected chi connectivity index (χ0v) is 20.1. The fourth-order valence-corrected chi connectivity index (χ4v) is 4.60. The van der Waals surface area contributed by atoms with Gasteiger partial charge in [0.15, 0.2) is 11.5 Å². The van der Waals surface area contributed by atoms with Gasteiger partial charge in [-0.15, -0.1) is 0 Å². The van der Waals surface area contributed by atoms with Gasteiger partial charge in [0, 0.05) is 48.6 Å². The van der Waals surface area contributed by atoms with E-state index in [0.717, 1.165) is 43.9 Å². The van der Waals surface area contributed by atoms with Crippen molar-refractivity contribution in [3.8, 4) is 17.2 Å². The SMILES string of the molecule is COc1ccccc1CN1CCC(N(C(=O)c2ccccc2)c2ccc(OC)c(OC)c2)CC1. The summed E-state index contributed by atoms with van der Waals surface area (Å²) in [6.45, 7) is 2.63. The van der Waals surface area contributed by atoms with Gasteiger partial charge in [-0.1, -0.05) is 36.4 Å². The van der Waals surface area contributed by atoms with E-state index in [2.05, 4.69) is 11.0 Å². The molecule has 34 heavy (non-hydrogen) atoms. The zero-order chi connectivity index (χ0) is 23.9. The molecular formula is C28H32N2O4. The summed E-state index contributed by atoms with van der Waals surface area (Å²) >= 11 is 0. The highest BCUT2D eigenvalue weighted by atomic mass is 16.5. The first kappa shape index (κ1) is 23.6. The molecule has 6 heteroatoms. The minimum atomic E-state index is -0.00371. The van der Waals surface area contributed by atoms with Crippen molar-refractivity contribution in [2.45, 2.75) is 25.4 Å². The Bertz CT molecular complexity index is 1090. The van der Waals surface area contributed by atoms with E-state index < -0.39 is 0 Å². The molecule has 0 spiro atoms. The summed E-state index contributed by atoms with van der Waals surface area (Å²) in [5, 5.41) is 0. The number of likely N-dealkylation sites (tertiary alicyclic amines) is 1. The van der Waals surface area contributed by atoms with Crippen molar-refractivity contribution in [3.63, 3.8) is 0 Å². The van der Waals surface area contributed by atoms with Crippen molar-refractivity contribution in [2.75, 3.05) is 39.3 Å². The Morgan fingerprint density at radius 3 is 2.15 bits per heavy atom. The summed E-state index contributed by atoms with van der Waals surface area (Å²) in [5.41, 5.74) is 2.67. The molecule has 0 bridgehead atoms. The topological polar surface area (TPSA) is 51.2 Å². The number of hydrogen-bond acceptors (Lipinski definition) is 5. The molecule has 1 heterocycles. The van der Waals surface area contributed by atoms with Crippen LogP contribution >= 0.6 is 0 Å². The van der Waals surface area contributed by atoms with Gasteiger partial charge in [-0.3, -0.25) is 9.69 Å². The van der Waals surface area contributed by atoms with Gasteiger partial charge in [0.05, 0.1) is 21.3 Å². The Kier molecular flexibility index (Phi) is 7.70. The Morgan fingerprint density at radius 1 is 0.824 bits per heavy atom. The number of piperidine rings is 1. The maximum atomic E-state index is 13.7. The quantitative estimate of drug-likeness (QED) is 0.472. The molecule has 0 radical (unpaired) electrons. The van der Waals surface area contributed by atoms with E-state index in [9.17, 15) is 4.79 Å². The number of rotatable bonds is 8. The molecule has 0 saturated carbocycles. The molecule has 4 rings (SSSR count). The summed E-state index contributed by atoms with van der Waals surface area (Å²) in [5.74, 6) is 2.16. The number of carbonyl (C=O) groups is 1. The van der Waals surface area contributed by atoms with Crippen LogP contribution in [0.2, 0.25) is 0 Å². The Labute approximate surface area is 201 Å².